The summed E-state index contributed by atoms with van der Waals surface area (Å²) < 4.78 is 42.8. The summed E-state index contributed by atoms with van der Waals surface area (Å²) in [6.45, 7) is 42.5. The molecule has 1 N–H and O–H groups in total. The summed E-state index contributed by atoms with van der Waals surface area (Å²) in [5, 5.41) is 9.60. The van der Waals surface area contributed by atoms with Crippen LogP contribution in [0, 0.1) is 35.5 Å². The number of aliphatic hydroxyl groups excluding tert-OH is 1. The predicted octanol–water partition coefficient (Wildman–Crippen LogP) is 28.7. The van der Waals surface area contributed by atoms with Gasteiger partial charge in [-0.15, -0.1) is 13.2 Å². The standard InChI is InChI=1S/3C26H54O3P.C11H20O3.Ti/c3*1-25(2)21-17-13-9-5-7-11-15-19-23-28-30(27)29-24-20-16-12-8-6-10-14-18-22-26(3)4;1-5-8-13-11(7-3,10(4)12)14-9-6-2;/h3*25-26H,5-24H2,1-4H3;5-6,10,12H,1-2,7-9H2,3-4H3;/q3*-1;;+3. The van der Waals surface area contributed by atoms with Crippen LogP contribution in [-0.2, 0) is 58.3 Å². The molecule has 1 atom stereocenters. The zero-order chi connectivity index (χ0) is 77.9. The Morgan fingerprint density at radius 2 is 0.400 bits per heavy atom. The molecule has 1 radical (unpaired) electrons. The third kappa shape index (κ3) is 103. The molecule has 0 aromatic heterocycles. The van der Waals surface area contributed by atoms with Crippen LogP contribution in [0.3, 0.4) is 0 Å². The minimum Gasteiger partial charge on any atom is -0.786 e. The minimum atomic E-state index is -1.91. The van der Waals surface area contributed by atoms with E-state index in [1.54, 1.807) is 19.1 Å². The van der Waals surface area contributed by atoms with Gasteiger partial charge in [-0.05, 0) is 81.0 Å². The molecule has 0 bridgehead atoms. The maximum Gasteiger partial charge on any atom is 3.00 e. The summed E-state index contributed by atoms with van der Waals surface area (Å²) in [5.41, 5.74) is 0. The Kier molecular flexibility index (Phi) is 102. The monoisotopic (exact) mass is 1580 g/mol. The van der Waals surface area contributed by atoms with Crippen LogP contribution in [0.4, 0.5) is 0 Å². The van der Waals surface area contributed by atoms with Crippen molar-refractivity contribution in [3.63, 3.8) is 0 Å². The van der Waals surface area contributed by atoms with Gasteiger partial charge in [0.05, 0.1) is 78.7 Å². The van der Waals surface area contributed by atoms with Gasteiger partial charge in [0.15, 0.2) is 5.79 Å². The third-order valence-corrected chi connectivity index (χ3v) is 21.6. The Bertz CT molecular complexity index is 1350. The van der Waals surface area contributed by atoms with Crippen molar-refractivity contribution in [1.29, 1.82) is 0 Å². The Hall–Kier alpha value is 1.00. The van der Waals surface area contributed by atoms with Crippen LogP contribution in [-0.4, -0.2) is 69.9 Å². The van der Waals surface area contributed by atoms with Gasteiger partial charge in [-0.25, -0.2) is 0 Å². The molecule has 1 unspecified atom stereocenters. The van der Waals surface area contributed by atoms with E-state index in [0.29, 0.717) is 59.3 Å². The molecule has 16 heteroatoms. The zero-order valence-electron chi connectivity index (χ0n) is 72.4. The van der Waals surface area contributed by atoms with Gasteiger partial charge in [0, 0.05) is 6.42 Å². The van der Waals surface area contributed by atoms with Crippen molar-refractivity contribution in [2.75, 3.05) is 52.9 Å². The van der Waals surface area contributed by atoms with Gasteiger partial charge in [0.1, 0.15) is 6.10 Å². The van der Waals surface area contributed by atoms with Gasteiger partial charge in [0.2, 0.25) is 0 Å². The molecule has 0 aliphatic rings. The molecule has 0 aromatic rings. The molecule has 0 heterocycles. The Morgan fingerprint density at radius 3 is 0.514 bits per heavy atom. The summed E-state index contributed by atoms with van der Waals surface area (Å²) >= 11 is 0. The van der Waals surface area contributed by atoms with Crippen LogP contribution in [0.1, 0.15) is 450 Å². The molecule has 12 nitrogen and oxygen atoms in total. The molecule has 0 fully saturated rings. The quantitative estimate of drug-likeness (QED) is 0.0202. The molecule has 0 aliphatic carbocycles. The van der Waals surface area contributed by atoms with Gasteiger partial charge in [-0.2, -0.15) is 0 Å². The van der Waals surface area contributed by atoms with E-state index >= 15 is 0 Å². The number of rotatable bonds is 80. The van der Waals surface area contributed by atoms with E-state index in [9.17, 15) is 19.8 Å². The van der Waals surface area contributed by atoms with Crippen LogP contribution >= 0.6 is 25.8 Å². The maximum absolute atomic E-state index is 11.7. The summed E-state index contributed by atoms with van der Waals surface area (Å²) in [4.78, 5) is 35.1. The van der Waals surface area contributed by atoms with Crippen LogP contribution in [0.25, 0.3) is 0 Å². The first kappa shape index (κ1) is 115. The topological polar surface area (TPSA) is 163 Å². The van der Waals surface area contributed by atoms with Crippen LogP contribution < -0.4 is 14.7 Å². The minimum absolute atomic E-state index is 0. The third-order valence-electron chi connectivity index (χ3n) is 19.3. The van der Waals surface area contributed by atoms with E-state index < -0.39 is 37.7 Å². The number of ether oxygens (including phenoxy) is 2. The normalized spacial score (nSPS) is 12.1. The SMILES string of the molecule is C=CCOC(CC)(OCC=C)C(C)O.CC(C)CCCCCCCCCCOP([O-])OCCCCCCCCCCC(C)C.CC(C)CCCCCCCCCCOP([O-])OCCCCCCCCCCC(C)C.CC(C)CCCCCCCCCCOP([O-])OCCCCCCCCCCC(C)C.[Ti+3]. The van der Waals surface area contributed by atoms with Gasteiger partial charge >= 0.3 is 21.7 Å². The molecule has 0 saturated carbocycles. The molecular weight excluding hydrogens is 1400 g/mol. The van der Waals surface area contributed by atoms with Gasteiger partial charge in [0.25, 0.3) is 0 Å². The van der Waals surface area contributed by atoms with Crippen molar-refractivity contribution in [2.24, 2.45) is 35.5 Å². The van der Waals surface area contributed by atoms with E-state index in [2.05, 4.69) is 96.2 Å². The van der Waals surface area contributed by atoms with E-state index in [1.807, 2.05) is 6.92 Å². The largest absolute Gasteiger partial charge is 3.00 e. The average molecular weight is 1590 g/mol. The smallest absolute Gasteiger partial charge is 0.786 e. The van der Waals surface area contributed by atoms with Crippen LogP contribution in [0.15, 0.2) is 25.3 Å². The number of aliphatic hydroxyl groups is 1. The first-order chi connectivity index (χ1) is 50.2. The second kappa shape index (κ2) is 93.9. The van der Waals surface area contributed by atoms with E-state index in [4.69, 9.17) is 36.6 Å². The summed E-state index contributed by atoms with van der Waals surface area (Å²) in [7, 11) is -5.73. The van der Waals surface area contributed by atoms with Crippen LogP contribution in [0.5, 0.6) is 0 Å². The number of unbranched alkanes of at least 4 members (excludes halogenated alkanes) is 42. The fraction of sp³-hybridized carbons (Fsp3) is 0.955. The molecule has 105 heavy (non-hydrogen) atoms. The predicted molar refractivity (Wildman–Crippen MR) is 452 cm³/mol. The fourth-order valence-electron chi connectivity index (χ4n) is 12.4. The molecule has 0 aromatic carbocycles. The van der Waals surface area contributed by atoms with Crippen molar-refractivity contribution in [3.8, 4) is 0 Å². The molecular formula is C89H182O12P3Ti. The number of hydrogen-bond acceptors (Lipinski definition) is 12. The van der Waals surface area contributed by atoms with E-state index in [0.717, 1.165) is 74.0 Å². The molecule has 0 saturated heterocycles. The summed E-state index contributed by atoms with van der Waals surface area (Å²) in [6.07, 6.45) is 72.9. The Labute approximate surface area is 675 Å². The first-order valence-electron chi connectivity index (χ1n) is 44.6. The first-order valence-corrected chi connectivity index (χ1v) is 47.8. The number of hydrogen-bond donors (Lipinski definition) is 1. The average Bonchev–Trinajstić information content (AvgIpc) is 0.858. The van der Waals surface area contributed by atoms with Crippen molar-refractivity contribution in [2.45, 2.75) is 462 Å². The van der Waals surface area contributed by atoms with Gasteiger partial charge in [-0.1, -0.05) is 410 Å². The Morgan fingerprint density at radius 1 is 0.267 bits per heavy atom. The van der Waals surface area contributed by atoms with Crippen molar-refractivity contribution >= 4 is 25.8 Å². The Balaban J connectivity index is -0.000000434. The zero-order valence-corrected chi connectivity index (χ0v) is 76.7. The molecule has 629 valence electrons. The second-order valence-corrected chi connectivity index (χ2v) is 35.7. The van der Waals surface area contributed by atoms with Crippen molar-refractivity contribution in [3.05, 3.63) is 25.3 Å². The van der Waals surface area contributed by atoms with Crippen LogP contribution in [0.2, 0.25) is 0 Å². The molecule has 0 aliphatic heterocycles. The van der Waals surface area contributed by atoms with Gasteiger partial charge < -0.3 is 56.4 Å². The maximum atomic E-state index is 11.7. The van der Waals surface area contributed by atoms with E-state index in [1.165, 1.54) is 308 Å². The summed E-state index contributed by atoms with van der Waals surface area (Å²) in [6, 6.07) is 0. The molecule has 0 spiro atoms. The van der Waals surface area contributed by atoms with Crippen molar-refractivity contribution in [1.82, 2.24) is 0 Å². The van der Waals surface area contributed by atoms with Gasteiger partial charge in [-0.3, -0.25) is 0 Å². The van der Waals surface area contributed by atoms with E-state index in [-0.39, 0.29) is 21.7 Å². The van der Waals surface area contributed by atoms with Crippen molar-refractivity contribution < 1.29 is 78.1 Å². The fourth-order valence-corrected chi connectivity index (χ4v) is 14.3. The second-order valence-electron chi connectivity index (χ2n) is 32.8. The molecule has 0 rings (SSSR count). The molecule has 0 amide bonds. The summed E-state index contributed by atoms with van der Waals surface area (Å²) in [5.74, 6) is 4.14.